The zero-order chi connectivity index (χ0) is 19.3. The van der Waals surface area contributed by atoms with Gasteiger partial charge in [0.05, 0.1) is 18.8 Å². The van der Waals surface area contributed by atoms with E-state index in [1.165, 1.54) is 24.3 Å². The van der Waals surface area contributed by atoms with Crippen molar-refractivity contribution in [2.24, 2.45) is 0 Å². The van der Waals surface area contributed by atoms with E-state index in [0.717, 1.165) is 30.9 Å². The van der Waals surface area contributed by atoms with Crippen molar-refractivity contribution in [3.63, 3.8) is 0 Å². The summed E-state index contributed by atoms with van der Waals surface area (Å²) in [5.41, 5.74) is 1.51. The van der Waals surface area contributed by atoms with Crippen molar-refractivity contribution in [1.29, 1.82) is 0 Å². The molecule has 1 N–H and O–H groups in total. The van der Waals surface area contributed by atoms with Crippen molar-refractivity contribution in [2.45, 2.75) is 6.18 Å². The molecule has 1 heterocycles. The highest BCUT2D eigenvalue weighted by Crippen LogP contribution is 2.29. The van der Waals surface area contributed by atoms with Gasteiger partial charge in [-0.1, -0.05) is 12.1 Å². The van der Waals surface area contributed by atoms with E-state index in [0.29, 0.717) is 24.5 Å². The second-order valence-corrected chi connectivity index (χ2v) is 6.09. The molecule has 0 radical (unpaired) electrons. The Balaban J connectivity index is 1.56. The van der Waals surface area contributed by atoms with Gasteiger partial charge in [-0.15, -0.1) is 0 Å². The summed E-state index contributed by atoms with van der Waals surface area (Å²) < 4.78 is 42.9. The quantitative estimate of drug-likeness (QED) is 0.814. The molecule has 1 aliphatic rings. The second kappa shape index (κ2) is 8.26. The number of hydrogen-bond acceptors (Lipinski definition) is 3. The Morgan fingerprint density at radius 1 is 1.00 bits per heavy atom. The van der Waals surface area contributed by atoms with E-state index in [9.17, 15) is 18.0 Å². The molecule has 4 nitrogen and oxygen atoms in total. The minimum absolute atomic E-state index is 0.353. The molecule has 0 aliphatic carbocycles. The van der Waals surface area contributed by atoms with Crippen molar-refractivity contribution >= 4 is 23.4 Å². The SMILES string of the molecule is O=C(/C=C/c1ccc(C(F)(F)F)cc1)Nc1ccc(N2CCOCC2)cc1. The molecule has 0 aromatic heterocycles. The van der Waals surface area contributed by atoms with Crippen LogP contribution in [0.3, 0.4) is 0 Å². The third-order valence-corrected chi connectivity index (χ3v) is 4.18. The smallest absolute Gasteiger partial charge is 0.378 e. The standard InChI is InChI=1S/C20H19F3N2O2/c21-20(22,23)16-4-1-15(2-5-16)3-10-19(26)24-17-6-8-18(9-7-17)25-11-13-27-14-12-25/h1-10H,11-14H2,(H,24,26)/b10-3+. The minimum atomic E-state index is -4.37. The molecule has 2 aromatic rings. The number of nitrogens with zero attached hydrogens (tertiary/aromatic N) is 1. The Kier molecular flexibility index (Phi) is 5.81. The van der Waals surface area contributed by atoms with Gasteiger partial charge < -0.3 is 15.0 Å². The van der Waals surface area contributed by atoms with Crippen LogP contribution in [0.15, 0.2) is 54.6 Å². The molecule has 0 unspecified atom stereocenters. The number of carbonyl (C=O) groups excluding carboxylic acids is 1. The molecule has 1 amide bonds. The van der Waals surface area contributed by atoms with Crippen LogP contribution in [-0.4, -0.2) is 32.2 Å². The van der Waals surface area contributed by atoms with Gasteiger partial charge in [0.15, 0.2) is 0 Å². The van der Waals surface area contributed by atoms with Crippen LogP contribution in [0.5, 0.6) is 0 Å². The minimum Gasteiger partial charge on any atom is -0.378 e. The number of rotatable bonds is 4. The van der Waals surface area contributed by atoms with Crippen molar-refractivity contribution < 1.29 is 22.7 Å². The number of morpholine rings is 1. The number of anilines is 2. The number of benzene rings is 2. The van der Waals surface area contributed by atoms with E-state index >= 15 is 0 Å². The van der Waals surface area contributed by atoms with Crippen molar-refractivity contribution in [2.75, 3.05) is 36.5 Å². The van der Waals surface area contributed by atoms with Gasteiger partial charge in [-0.3, -0.25) is 4.79 Å². The Morgan fingerprint density at radius 2 is 1.63 bits per heavy atom. The molecule has 2 aromatic carbocycles. The van der Waals surface area contributed by atoms with Crippen LogP contribution in [-0.2, 0) is 15.7 Å². The molecule has 1 fully saturated rings. The molecule has 0 spiro atoms. The predicted molar refractivity (Wildman–Crippen MR) is 98.6 cm³/mol. The fourth-order valence-corrected chi connectivity index (χ4v) is 2.72. The molecular formula is C20H19F3N2O2. The first-order chi connectivity index (χ1) is 12.9. The summed E-state index contributed by atoms with van der Waals surface area (Å²) in [6.45, 7) is 3.07. The van der Waals surface area contributed by atoms with E-state index < -0.39 is 11.7 Å². The van der Waals surface area contributed by atoms with Gasteiger partial charge in [0, 0.05) is 30.5 Å². The number of ether oxygens (including phenoxy) is 1. The third-order valence-electron chi connectivity index (χ3n) is 4.18. The van der Waals surface area contributed by atoms with Crippen LogP contribution in [0, 0.1) is 0 Å². The maximum Gasteiger partial charge on any atom is 0.416 e. The molecule has 7 heteroatoms. The van der Waals surface area contributed by atoms with E-state index in [2.05, 4.69) is 10.2 Å². The molecule has 0 atom stereocenters. The molecule has 1 saturated heterocycles. The van der Waals surface area contributed by atoms with E-state index in [1.807, 2.05) is 24.3 Å². The van der Waals surface area contributed by atoms with Gasteiger partial charge in [0.2, 0.25) is 5.91 Å². The van der Waals surface area contributed by atoms with Gasteiger partial charge in [-0.2, -0.15) is 13.2 Å². The number of carbonyl (C=O) groups is 1. The second-order valence-electron chi connectivity index (χ2n) is 6.09. The van der Waals surface area contributed by atoms with Crippen LogP contribution in [0.1, 0.15) is 11.1 Å². The average Bonchev–Trinajstić information content (AvgIpc) is 2.67. The highest BCUT2D eigenvalue weighted by atomic mass is 19.4. The Bertz CT molecular complexity index is 793. The summed E-state index contributed by atoms with van der Waals surface area (Å²) in [5, 5.41) is 2.73. The average molecular weight is 376 g/mol. The summed E-state index contributed by atoms with van der Waals surface area (Å²) in [6, 6.07) is 12.1. The fourth-order valence-electron chi connectivity index (χ4n) is 2.72. The highest BCUT2D eigenvalue weighted by Gasteiger charge is 2.29. The van der Waals surface area contributed by atoms with E-state index in [4.69, 9.17) is 4.74 Å². The Morgan fingerprint density at radius 3 is 2.22 bits per heavy atom. The topological polar surface area (TPSA) is 41.6 Å². The first-order valence-corrected chi connectivity index (χ1v) is 8.51. The van der Waals surface area contributed by atoms with E-state index in [-0.39, 0.29) is 5.91 Å². The zero-order valence-electron chi connectivity index (χ0n) is 14.5. The lowest BCUT2D eigenvalue weighted by molar-refractivity contribution is -0.137. The summed E-state index contributed by atoms with van der Waals surface area (Å²) in [5.74, 6) is -0.353. The molecule has 3 rings (SSSR count). The normalized spacial score (nSPS) is 15.1. The highest BCUT2D eigenvalue weighted by molar-refractivity contribution is 6.02. The van der Waals surface area contributed by atoms with Gasteiger partial charge >= 0.3 is 6.18 Å². The van der Waals surface area contributed by atoms with Gasteiger partial charge in [0.25, 0.3) is 0 Å². The molecule has 1 aliphatic heterocycles. The van der Waals surface area contributed by atoms with Crippen molar-refractivity contribution in [1.82, 2.24) is 0 Å². The maximum absolute atomic E-state index is 12.5. The van der Waals surface area contributed by atoms with Gasteiger partial charge in [-0.25, -0.2) is 0 Å². The summed E-state index contributed by atoms with van der Waals surface area (Å²) in [4.78, 5) is 14.2. The maximum atomic E-state index is 12.5. The molecule has 0 bridgehead atoms. The molecule has 142 valence electrons. The summed E-state index contributed by atoms with van der Waals surface area (Å²) >= 11 is 0. The Hall–Kier alpha value is -2.80. The van der Waals surface area contributed by atoms with Crippen LogP contribution in [0.25, 0.3) is 6.08 Å². The number of amides is 1. The zero-order valence-corrected chi connectivity index (χ0v) is 14.5. The largest absolute Gasteiger partial charge is 0.416 e. The summed E-state index contributed by atoms with van der Waals surface area (Å²) in [6.07, 6.45) is -1.61. The monoisotopic (exact) mass is 376 g/mol. The number of nitrogens with one attached hydrogen (secondary N) is 1. The lowest BCUT2D eigenvalue weighted by Crippen LogP contribution is -2.36. The van der Waals surface area contributed by atoms with Crippen LogP contribution >= 0.6 is 0 Å². The van der Waals surface area contributed by atoms with Gasteiger partial charge in [-0.05, 0) is 48.0 Å². The Labute approximate surface area is 155 Å². The third kappa shape index (κ3) is 5.34. The first-order valence-electron chi connectivity index (χ1n) is 8.51. The number of alkyl halides is 3. The lowest BCUT2D eigenvalue weighted by Gasteiger charge is -2.28. The van der Waals surface area contributed by atoms with Crippen molar-refractivity contribution in [3.8, 4) is 0 Å². The molecule has 27 heavy (non-hydrogen) atoms. The van der Waals surface area contributed by atoms with Crippen LogP contribution in [0.2, 0.25) is 0 Å². The fraction of sp³-hybridized carbons (Fsp3) is 0.250. The lowest BCUT2D eigenvalue weighted by atomic mass is 10.1. The summed E-state index contributed by atoms with van der Waals surface area (Å²) in [7, 11) is 0. The van der Waals surface area contributed by atoms with Gasteiger partial charge in [0.1, 0.15) is 0 Å². The van der Waals surface area contributed by atoms with Crippen LogP contribution < -0.4 is 10.2 Å². The predicted octanol–water partition coefficient (Wildman–Crippen LogP) is 4.19. The first kappa shape index (κ1) is 19.0. The molecular weight excluding hydrogens is 357 g/mol. The number of halogens is 3. The van der Waals surface area contributed by atoms with E-state index in [1.54, 1.807) is 0 Å². The van der Waals surface area contributed by atoms with Crippen molar-refractivity contribution in [3.05, 3.63) is 65.7 Å². The number of hydrogen-bond donors (Lipinski definition) is 1. The molecule has 0 saturated carbocycles. The van der Waals surface area contributed by atoms with Crippen LogP contribution in [0.4, 0.5) is 24.5 Å².